The number of fused-ring (bicyclic) bond motifs is 1. The summed E-state index contributed by atoms with van der Waals surface area (Å²) in [5, 5.41) is 1.29. The normalized spacial score (nSPS) is 10.8. The lowest BCUT2D eigenvalue weighted by atomic mass is 10.2. The van der Waals surface area contributed by atoms with Crippen molar-refractivity contribution in [2.45, 2.75) is 20.3 Å². The lowest BCUT2D eigenvalue weighted by molar-refractivity contribution is 0.792. The van der Waals surface area contributed by atoms with Crippen molar-refractivity contribution in [3.63, 3.8) is 0 Å². The SMILES string of the molecule is CCCN(CC)c1ccc2[nH]ccc2c1. The zero-order valence-corrected chi connectivity index (χ0v) is 9.46. The second-order valence-corrected chi connectivity index (χ2v) is 3.83. The van der Waals surface area contributed by atoms with Crippen LogP contribution in [0, 0.1) is 0 Å². The van der Waals surface area contributed by atoms with Crippen LogP contribution < -0.4 is 4.90 Å². The molecule has 0 spiro atoms. The molecule has 2 rings (SSSR count). The Balaban J connectivity index is 2.33. The van der Waals surface area contributed by atoms with Crippen molar-refractivity contribution in [3.8, 4) is 0 Å². The predicted octanol–water partition coefficient (Wildman–Crippen LogP) is 3.40. The summed E-state index contributed by atoms with van der Waals surface area (Å²) in [5.74, 6) is 0. The van der Waals surface area contributed by atoms with Crippen molar-refractivity contribution in [1.29, 1.82) is 0 Å². The summed E-state index contributed by atoms with van der Waals surface area (Å²) in [7, 11) is 0. The molecule has 0 bridgehead atoms. The zero-order chi connectivity index (χ0) is 10.7. The number of benzene rings is 1. The van der Waals surface area contributed by atoms with Crippen LogP contribution in [0.5, 0.6) is 0 Å². The van der Waals surface area contributed by atoms with E-state index in [2.05, 4.69) is 48.0 Å². The molecule has 2 aromatic rings. The average Bonchev–Trinajstić information content (AvgIpc) is 2.72. The van der Waals surface area contributed by atoms with Gasteiger partial charge in [0.1, 0.15) is 0 Å². The van der Waals surface area contributed by atoms with Crippen molar-refractivity contribution in [1.82, 2.24) is 4.98 Å². The molecule has 0 amide bonds. The predicted molar refractivity (Wildman–Crippen MR) is 66.5 cm³/mol. The van der Waals surface area contributed by atoms with Crippen LogP contribution in [0.25, 0.3) is 10.9 Å². The Bertz CT molecular complexity index is 431. The molecule has 0 radical (unpaired) electrons. The van der Waals surface area contributed by atoms with E-state index >= 15 is 0 Å². The highest BCUT2D eigenvalue weighted by molar-refractivity contribution is 5.83. The van der Waals surface area contributed by atoms with Crippen LogP contribution in [-0.2, 0) is 0 Å². The van der Waals surface area contributed by atoms with Crippen LogP contribution in [0.1, 0.15) is 20.3 Å². The molecule has 80 valence electrons. The van der Waals surface area contributed by atoms with E-state index in [1.54, 1.807) is 0 Å². The number of rotatable bonds is 4. The minimum Gasteiger partial charge on any atom is -0.372 e. The van der Waals surface area contributed by atoms with Gasteiger partial charge >= 0.3 is 0 Å². The molecule has 2 heteroatoms. The molecule has 0 aliphatic carbocycles. The number of aromatic amines is 1. The van der Waals surface area contributed by atoms with Gasteiger partial charge in [-0.2, -0.15) is 0 Å². The molecular formula is C13H18N2. The number of H-pyrrole nitrogens is 1. The molecule has 0 atom stereocenters. The summed E-state index contributed by atoms with van der Waals surface area (Å²) in [5.41, 5.74) is 2.54. The van der Waals surface area contributed by atoms with Gasteiger partial charge in [0, 0.05) is 35.9 Å². The third-order valence-electron chi connectivity index (χ3n) is 2.78. The molecule has 2 nitrogen and oxygen atoms in total. The van der Waals surface area contributed by atoms with Gasteiger partial charge in [0.25, 0.3) is 0 Å². The number of aromatic nitrogens is 1. The van der Waals surface area contributed by atoms with Crippen LogP contribution in [0.2, 0.25) is 0 Å². The van der Waals surface area contributed by atoms with Gasteiger partial charge < -0.3 is 9.88 Å². The molecule has 0 aliphatic rings. The molecule has 0 saturated carbocycles. The number of hydrogen-bond acceptors (Lipinski definition) is 1. The third-order valence-corrected chi connectivity index (χ3v) is 2.78. The Hall–Kier alpha value is -1.44. The zero-order valence-electron chi connectivity index (χ0n) is 9.46. The number of nitrogens with one attached hydrogen (secondary N) is 1. The first-order valence-corrected chi connectivity index (χ1v) is 5.67. The van der Waals surface area contributed by atoms with Crippen molar-refractivity contribution >= 4 is 16.6 Å². The second-order valence-electron chi connectivity index (χ2n) is 3.83. The summed E-state index contributed by atoms with van der Waals surface area (Å²) >= 11 is 0. The number of anilines is 1. The molecule has 0 unspecified atom stereocenters. The van der Waals surface area contributed by atoms with Gasteiger partial charge in [-0.3, -0.25) is 0 Å². The monoisotopic (exact) mass is 202 g/mol. The summed E-state index contributed by atoms with van der Waals surface area (Å²) in [6.45, 7) is 6.63. The Morgan fingerprint density at radius 2 is 2.07 bits per heavy atom. The summed E-state index contributed by atoms with van der Waals surface area (Å²) < 4.78 is 0. The van der Waals surface area contributed by atoms with Gasteiger partial charge in [0.2, 0.25) is 0 Å². The van der Waals surface area contributed by atoms with Gasteiger partial charge in [-0.05, 0) is 37.6 Å². The van der Waals surface area contributed by atoms with Crippen LogP contribution >= 0.6 is 0 Å². The number of hydrogen-bond donors (Lipinski definition) is 1. The first-order valence-electron chi connectivity index (χ1n) is 5.67. The van der Waals surface area contributed by atoms with Crippen molar-refractivity contribution in [3.05, 3.63) is 30.5 Å². The molecule has 15 heavy (non-hydrogen) atoms. The molecule has 1 aromatic carbocycles. The quantitative estimate of drug-likeness (QED) is 0.805. The molecule has 1 aromatic heterocycles. The molecule has 0 saturated heterocycles. The fourth-order valence-electron chi connectivity index (χ4n) is 1.98. The first-order chi connectivity index (χ1) is 7.35. The van der Waals surface area contributed by atoms with E-state index in [9.17, 15) is 0 Å². The molecule has 0 fully saturated rings. The Morgan fingerprint density at radius 1 is 1.20 bits per heavy atom. The van der Waals surface area contributed by atoms with Crippen molar-refractivity contribution in [2.75, 3.05) is 18.0 Å². The summed E-state index contributed by atoms with van der Waals surface area (Å²) in [6.07, 6.45) is 3.18. The standard InChI is InChI=1S/C13H18N2/c1-3-9-15(4-2)12-5-6-13-11(10-12)7-8-14-13/h5-8,10,14H,3-4,9H2,1-2H3. The molecule has 0 aliphatic heterocycles. The van der Waals surface area contributed by atoms with E-state index in [0.717, 1.165) is 13.1 Å². The fourth-order valence-corrected chi connectivity index (χ4v) is 1.98. The molecule has 1 N–H and O–H groups in total. The lowest BCUT2D eigenvalue weighted by Gasteiger charge is -2.22. The Morgan fingerprint density at radius 3 is 2.80 bits per heavy atom. The average molecular weight is 202 g/mol. The Labute approximate surface area is 90.9 Å². The molecular weight excluding hydrogens is 184 g/mol. The highest BCUT2D eigenvalue weighted by Crippen LogP contribution is 2.21. The van der Waals surface area contributed by atoms with Gasteiger partial charge in [-0.1, -0.05) is 6.92 Å². The van der Waals surface area contributed by atoms with E-state index in [0.29, 0.717) is 0 Å². The van der Waals surface area contributed by atoms with Gasteiger partial charge in [0.05, 0.1) is 0 Å². The topological polar surface area (TPSA) is 19.0 Å². The maximum Gasteiger partial charge on any atom is 0.0455 e. The smallest absolute Gasteiger partial charge is 0.0455 e. The summed E-state index contributed by atoms with van der Waals surface area (Å²) in [6, 6.07) is 8.73. The van der Waals surface area contributed by atoms with E-state index in [-0.39, 0.29) is 0 Å². The van der Waals surface area contributed by atoms with E-state index in [1.165, 1.54) is 23.0 Å². The van der Waals surface area contributed by atoms with E-state index in [1.807, 2.05) is 6.20 Å². The van der Waals surface area contributed by atoms with E-state index < -0.39 is 0 Å². The van der Waals surface area contributed by atoms with Crippen LogP contribution in [0.3, 0.4) is 0 Å². The highest BCUT2D eigenvalue weighted by Gasteiger charge is 2.03. The Kier molecular flexibility index (Phi) is 2.95. The van der Waals surface area contributed by atoms with Crippen molar-refractivity contribution in [2.24, 2.45) is 0 Å². The first kappa shape index (κ1) is 10.1. The van der Waals surface area contributed by atoms with Gasteiger partial charge in [0.15, 0.2) is 0 Å². The van der Waals surface area contributed by atoms with Gasteiger partial charge in [-0.25, -0.2) is 0 Å². The lowest BCUT2D eigenvalue weighted by Crippen LogP contribution is -2.23. The maximum atomic E-state index is 3.22. The minimum atomic E-state index is 1.07. The minimum absolute atomic E-state index is 1.07. The maximum absolute atomic E-state index is 3.22. The van der Waals surface area contributed by atoms with Crippen molar-refractivity contribution < 1.29 is 0 Å². The number of nitrogens with zero attached hydrogens (tertiary/aromatic N) is 1. The third kappa shape index (κ3) is 1.99. The van der Waals surface area contributed by atoms with Crippen LogP contribution in [0.4, 0.5) is 5.69 Å². The summed E-state index contributed by atoms with van der Waals surface area (Å²) in [4.78, 5) is 5.63. The second kappa shape index (κ2) is 4.39. The highest BCUT2D eigenvalue weighted by atomic mass is 15.1. The van der Waals surface area contributed by atoms with Crippen LogP contribution in [-0.4, -0.2) is 18.1 Å². The fraction of sp³-hybridized carbons (Fsp3) is 0.385. The van der Waals surface area contributed by atoms with Crippen LogP contribution in [0.15, 0.2) is 30.5 Å². The molecule has 1 heterocycles. The largest absolute Gasteiger partial charge is 0.372 e. The van der Waals surface area contributed by atoms with Gasteiger partial charge in [-0.15, -0.1) is 0 Å². The van der Waals surface area contributed by atoms with E-state index in [4.69, 9.17) is 0 Å².